The number of amides is 2. The highest BCUT2D eigenvalue weighted by molar-refractivity contribution is 6.51. The predicted molar refractivity (Wildman–Crippen MR) is 104 cm³/mol. The zero-order chi connectivity index (χ0) is 19.2. The number of nitrogens with zero attached hydrogens (tertiary/aromatic N) is 1. The first-order valence-corrected chi connectivity index (χ1v) is 9.25. The number of hydrogen-bond acceptors (Lipinski definition) is 2. The van der Waals surface area contributed by atoms with E-state index in [4.69, 9.17) is 11.6 Å². The lowest BCUT2D eigenvalue weighted by atomic mass is 10.1. The van der Waals surface area contributed by atoms with Crippen molar-refractivity contribution in [3.63, 3.8) is 0 Å². The lowest BCUT2D eigenvalue weighted by Crippen LogP contribution is -2.41. The average Bonchev–Trinajstić information content (AvgIpc) is 2.72. The summed E-state index contributed by atoms with van der Waals surface area (Å²) in [4.78, 5) is 27.3. The fraction of sp³-hybridized carbons (Fsp3) is 0.238. The second kappa shape index (κ2) is 8.82. The summed E-state index contributed by atoms with van der Waals surface area (Å²) in [6, 6.07) is 14.1. The van der Waals surface area contributed by atoms with Crippen LogP contribution in [0, 0.1) is 5.82 Å². The number of halogens is 2. The van der Waals surface area contributed by atoms with E-state index < -0.39 is 11.7 Å². The molecule has 1 aliphatic heterocycles. The van der Waals surface area contributed by atoms with Crippen molar-refractivity contribution < 1.29 is 14.0 Å². The molecule has 27 heavy (non-hydrogen) atoms. The number of likely N-dealkylation sites (tertiary alicyclic amines) is 1. The molecule has 3 rings (SSSR count). The Hall–Kier alpha value is -2.66. The smallest absolute Gasteiger partial charge is 0.271 e. The molecule has 1 fully saturated rings. The fourth-order valence-electron chi connectivity index (χ4n) is 2.97. The standard InChI is InChI=1S/C21H20ClFN2O2/c22-18(15-9-11-17(23)12-10-15)19(21(27)25-13-5-2-6-14-25)24-20(26)16-7-3-1-4-8-16/h1,3-4,7-12H,2,5-6,13-14H2,(H,24,26)/b19-18+. The first-order valence-electron chi connectivity index (χ1n) is 8.87. The van der Waals surface area contributed by atoms with E-state index >= 15 is 0 Å². The molecule has 1 heterocycles. The molecule has 1 N–H and O–H groups in total. The van der Waals surface area contributed by atoms with Crippen molar-refractivity contribution in [2.75, 3.05) is 13.1 Å². The van der Waals surface area contributed by atoms with Gasteiger partial charge in [0.25, 0.3) is 11.8 Å². The van der Waals surface area contributed by atoms with E-state index in [1.807, 2.05) is 0 Å². The van der Waals surface area contributed by atoms with E-state index in [-0.39, 0.29) is 16.6 Å². The second-order valence-corrected chi connectivity index (χ2v) is 6.75. The van der Waals surface area contributed by atoms with Gasteiger partial charge in [-0.3, -0.25) is 9.59 Å². The van der Waals surface area contributed by atoms with E-state index in [0.29, 0.717) is 24.2 Å². The van der Waals surface area contributed by atoms with Crippen LogP contribution >= 0.6 is 11.6 Å². The molecular weight excluding hydrogens is 367 g/mol. The lowest BCUT2D eigenvalue weighted by molar-refractivity contribution is -0.128. The normalized spacial score (nSPS) is 15.1. The highest BCUT2D eigenvalue weighted by Crippen LogP contribution is 2.25. The molecule has 2 aromatic rings. The van der Waals surface area contributed by atoms with E-state index in [1.54, 1.807) is 35.2 Å². The minimum absolute atomic E-state index is 0.0130. The summed E-state index contributed by atoms with van der Waals surface area (Å²) >= 11 is 6.47. The molecule has 1 saturated heterocycles. The molecule has 0 aliphatic carbocycles. The summed E-state index contributed by atoms with van der Waals surface area (Å²) in [6.07, 6.45) is 2.91. The van der Waals surface area contributed by atoms with Crippen LogP contribution in [-0.4, -0.2) is 29.8 Å². The van der Waals surface area contributed by atoms with Crippen molar-refractivity contribution >= 4 is 28.4 Å². The molecule has 2 amide bonds. The first kappa shape index (κ1) is 19.1. The Kier molecular flexibility index (Phi) is 6.24. The second-order valence-electron chi connectivity index (χ2n) is 6.37. The SMILES string of the molecule is O=C(N/C(C(=O)N1CCCCC1)=C(/Cl)c1ccc(F)cc1)c1ccccc1. The third-order valence-electron chi connectivity index (χ3n) is 4.45. The van der Waals surface area contributed by atoms with Crippen molar-refractivity contribution in [1.29, 1.82) is 0 Å². The van der Waals surface area contributed by atoms with Gasteiger partial charge in [-0.05, 0) is 49.1 Å². The van der Waals surface area contributed by atoms with Gasteiger partial charge in [0.1, 0.15) is 11.5 Å². The van der Waals surface area contributed by atoms with E-state index in [2.05, 4.69) is 5.32 Å². The van der Waals surface area contributed by atoms with E-state index in [0.717, 1.165) is 19.3 Å². The zero-order valence-electron chi connectivity index (χ0n) is 14.8. The molecule has 0 bridgehead atoms. The van der Waals surface area contributed by atoms with Crippen LogP contribution in [-0.2, 0) is 4.79 Å². The van der Waals surface area contributed by atoms with Gasteiger partial charge in [-0.1, -0.05) is 41.9 Å². The van der Waals surface area contributed by atoms with Crippen molar-refractivity contribution in [1.82, 2.24) is 10.2 Å². The molecule has 4 nitrogen and oxygen atoms in total. The Bertz CT molecular complexity index is 844. The highest BCUT2D eigenvalue weighted by Gasteiger charge is 2.25. The van der Waals surface area contributed by atoms with E-state index in [9.17, 15) is 14.0 Å². The van der Waals surface area contributed by atoms with Gasteiger partial charge in [0.2, 0.25) is 0 Å². The molecule has 0 atom stereocenters. The largest absolute Gasteiger partial charge is 0.337 e. The van der Waals surface area contributed by atoms with Crippen LogP contribution in [0.2, 0.25) is 0 Å². The molecule has 2 aromatic carbocycles. The van der Waals surface area contributed by atoms with Crippen molar-refractivity contribution in [2.24, 2.45) is 0 Å². The summed E-state index contributed by atoms with van der Waals surface area (Å²) < 4.78 is 13.2. The first-order chi connectivity index (χ1) is 13.1. The van der Waals surface area contributed by atoms with Crippen LogP contribution < -0.4 is 5.32 Å². The monoisotopic (exact) mass is 386 g/mol. The molecule has 0 radical (unpaired) electrons. The van der Waals surface area contributed by atoms with Crippen molar-refractivity contribution in [3.8, 4) is 0 Å². The van der Waals surface area contributed by atoms with Gasteiger partial charge < -0.3 is 10.2 Å². The maximum absolute atomic E-state index is 13.2. The molecular formula is C21H20ClFN2O2. The summed E-state index contributed by atoms with van der Waals surface area (Å²) in [5.41, 5.74) is 0.899. The summed E-state index contributed by atoms with van der Waals surface area (Å²) in [6.45, 7) is 1.24. The summed E-state index contributed by atoms with van der Waals surface area (Å²) in [7, 11) is 0. The number of rotatable bonds is 4. The van der Waals surface area contributed by atoms with Gasteiger partial charge in [-0.2, -0.15) is 0 Å². The summed E-state index contributed by atoms with van der Waals surface area (Å²) in [5, 5.41) is 2.76. The van der Waals surface area contributed by atoms with Crippen LogP contribution in [0.25, 0.3) is 5.03 Å². The Morgan fingerprint density at radius 2 is 1.52 bits per heavy atom. The Labute approximate surface area is 162 Å². The Morgan fingerprint density at radius 3 is 2.15 bits per heavy atom. The van der Waals surface area contributed by atoms with Crippen molar-refractivity contribution in [2.45, 2.75) is 19.3 Å². The van der Waals surface area contributed by atoms with Gasteiger partial charge >= 0.3 is 0 Å². The number of piperidine rings is 1. The average molecular weight is 387 g/mol. The number of nitrogens with one attached hydrogen (secondary N) is 1. The van der Waals surface area contributed by atoms with Crippen LogP contribution in [0.1, 0.15) is 35.2 Å². The minimum atomic E-state index is -0.420. The quantitative estimate of drug-likeness (QED) is 0.801. The molecule has 0 unspecified atom stereocenters. The maximum atomic E-state index is 13.2. The van der Waals surface area contributed by atoms with E-state index in [1.165, 1.54) is 24.3 Å². The topological polar surface area (TPSA) is 49.4 Å². The van der Waals surface area contributed by atoms with Crippen LogP contribution in [0.5, 0.6) is 0 Å². The van der Waals surface area contributed by atoms with Gasteiger partial charge in [0, 0.05) is 18.7 Å². The molecule has 0 aromatic heterocycles. The number of benzene rings is 2. The van der Waals surface area contributed by atoms with Crippen LogP contribution in [0.4, 0.5) is 4.39 Å². The third-order valence-corrected chi connectivity index (χ3v) is 4.86. The van der Waals surface area contributed by atoms with Crippen molar-refractivity contribution in [3.05, 3.63) is 77.2 Å². The minimum Gasteiger partial charge on any atom is -0.337 e. The third kappa shape index (κ3) is 4.74. The Morgan fingerprint density at radius 1 is 0.889 bits per heavy atom. The van der Waals surface area contributed by atoms with Gasteiger partial charge in [0.15, 0.2) is 0 Å². The zero-order valence-corrected chi connectivity index (χ0v) is 15.5. The fourth-order valence-corrected chi connectivity index (χ4v) is 3.23. The molecule has 140 valence electrons. The Balaban J connectivity index is 1.94. The number of carbonyl (C=O) groups is 2. The van der Waals surface area contributed by atoms with Gasteiger partial charge in [0.05, 0.1) is 5.03 Å². The molecule has 0 spiro atoms. The molecule has 6 heteroatoms. The highest BCUT2D eigenvalue weighted by atomic mass is 35.5. The molecule has 1 aliphatic rings. The lowest BCUT2D eigenvalue weighted by Gasteiger charge is -2.28. The van der Waals surface area contributed by atoms with Crippen LogP contribution in [0.15, 0.2) is 60.3 Å². The maximum Gasteiger partial charge on any atom is 0.271 e. The molecule has 0 saturated carbocycles. The number of carbonyl (C=O) groups excluding carboxylic acids is 2. The van der Waals surface area contributed by atoms with Gasteiger partial charge in [-0.15, -0.1) is 0 Å². The van der Waals surface area contributed by atoms with Crippen LogP contribution in [0.3, 0.4) is 0 Å². The number of hydrogen-bond donors (Lipinski definition) is 1. The predicted octanol–water partition coefficient (Wildman–Crippen LogP) is 4.18. The summed E-state index contributed by atoms with van der Waals surface area (Å²) in [5.74, 6) is -1.15. The van der Waals surface area contributed by atoms with Gasteiger partial charge in [-0.25, -0.2) is 4.39 Å².